The summed E-state index contributed by atoms with van der Waals surface area (Å²) in [6, 6.07) is 5.52. The van der Waals surface area contributed by atoms with Gasteiger partial charge in [-0.15, -0.1) is 0 Å². The Morgan fingerprint density at radius 1 is 1.15 bits per heavy atom. The molecule has 0 aliphatic carbocycles. The Hall–Kier alpha value is -4.19. The third-order valence-electron chi connectivity index (χ3n) is 5.70. The fourth-order valence-corrected chi connectivity index (χ4v) is 4.01. The zero-order chi connectivity index (χ0) is 24.4. The first-order valence-corrected chi connectivity index (χ1v) is 10.6. The first-order valence-electron chi connectivity index (χ1n) is 10.6. The van der Waals surface area contributed by atoms with Gasteiger partial charge in [-0.25, -0.2) is 4.79 Å². The molecular weight excluding hydrogens is 444 g/mol. The number of amides is 1. The third kappa shape index (κ3) is 4.91. The maximum Gasteiger partial charge on any atom is 0.326 e. The van der Waals surface area contributed by atoms with Gasteiger partial charge in [0.1, 0.15) is 17.6 Å². The quantitative estimate of drug-likeness (QED) is 0.316. The molecule has 0 unspecified atom stereocenters. The number of aromatic nitrogens is 2. The summed E-state index contributed by atoms with van der Waals surface area (Å²) in [5.41, 5.74) is 14.3. The number of nitrogens with two attached hydrogens (primary N) is 2. The summed E-state index contributed by atoms with van der Waals surface area (Å²) in [4.78, 5) is 44.7. The molecule has 3 heterocycles. The molecule has 0 fully saturated rings. The van der Waals surface area contributed by atoms with Gasteiger partial charge in [-0.1, -0.05) is 12.1 Å². The topological polar surface area (TPSA) is 198 Å². The van der Waals surface area contributed by atoms with E-state index in [4.69, 9.17) is 21.0 Å². The molecule has 4 rings (SSSR count). The molecule has 178 valence electrons. The van der Waals surface area contributed by atoms with E-state index in [-0.39, 0.29) is 24.4 Å². The van der Waals surface area contributed by atoms with Crippen molar-refractivity contribution in [2.75, 3.05) is 18.0 Å². The fraction of sp³-hybridized carbons (Fsp3) is 0.318. The lowest BCUT2D eigenvalue weighted by molar-refractivity contribution is -0.140. The molecule has 1 aliphatic heterocycles. The Bertz CT molecular complexity index is 1250. The van der Waals surface area contributed by atoms with E-state index in [0.717, 1.165) is 23.4 Å². The average molecular weight is 468 g/mol. The van der Waals surface area contributed by atoms with Crippen molar-refractivity contribution >= 4 is 40.7 Å². The number of hydrogen-bond donors (Lipinski definition) is 5. The van der Waals surface area contributed by atoms with Crippen molar-refractivity contribution < 1.29 is 29.0 Å². The molecule has 2 aromatic heterocycles. The van der Waals surface area contributed by atoms with Gasteiger partial charge in [-0.3, -0.25) is 14.5 Å². The number of carboxylic acids is 2. The lowest BCUT2D eigenvalue weighted by Crippen LogP contribution is -2.41. The number of nitrogens with one attached hydrogen (secondary N) is 1. The van der Waals surface area contributed by atoms with E-state index in [1.807, 2.05) is 0 Å². The van der Waals surface area contributed by atoms with Crippen LogP contribution >= 0.6 is 0 Å². The summed E-state index contributed by atoms with van der Waals surface area (Å²) in [5.74, 6) is -1.84. The van der Waals surface area contributed by atoms with E-state index in [1.165, 1.54) is 0 Å². The third-order valence-corrected chi connectivity index (χ3v) is 5.70. The second-order valence-electron chi connectivity index (χ2n) is 8.11. The van der Waals surface area contributed by atoms with Crippen molar-refractivity contribution in [2.24, 2.45) is 0 Å². The fourth-order valence-electron chi connectivity index (χ4n) is 4.01. The minimum atomic E-state index is -1.28. The van der Waals surface area contributed by atoms with Gasteiger partial charge < -0.3 is 31.4 Å². The molecule has 3 aromatic rings. The Kier molecular flexibility index (Phi) is 6.32. The van der Waals surface area contributed by atoms with Crippen LogP contribution in [-0.4, -0.2) is 55.5 Å². The highest BCUT2D eigenvalue weighted by Crippen LogP contribution is 2.33. The summed E-state index contributed by atoms with van der Waals surface area (Å²) in [5, 5.41) is 21.0. The van der Waals surface area contributed by atoms with Crippen molar-refractivity contribution in [3.8, 4) is 0 Å². The van der Waals surface area contributed by atoms with E-state index in [0.29, 0.717) is 36.4 Å². The number of rotatable bonds is 8. The molecule has 1 amide bonds. The minimum absolute atomic E-state index is 0.0636. The lowest BCUT2D eigenvalue weighted by Gasteiger charge is -2.26. The van der Waals surface area contributed by atoms with Gasteiger partial charge in [0, 0.05) is 30.6 Å². The number of carboxylic acid groups (broad SMARTS) is 2. The lowest BCUT2D eigenvalue weighted by atomic mass is 10.0. The van der Waals surface area contributed by atoms with Gasteiger partial charge in [0.15, 0.2) is 0 Å². The van der Waals surface area contributed by atoms with Crippen LogP contribution in [0.5, 0.6) is 0 Å². The van der Waals surface area contributed by atoms with Crippen LogP contribution in [0.1, 0.15) is 40.1 Å². The molecule has 1 atom stereocenters. The highest BCUT2D eigenvalue weighted by atomic mass is 16.4. The monoisotopic (exact) mass is 468 g/mol. The average Bonchev–Trinajstić information content (AvgIpc) is 3.14. The van der Waals surface area contributed by atoms with Crippen molar-refractivity contribution in [1.29, 1.82) is 0 Å². The summed E-state index contributed by atoms with van der Waals surface area (Å²) < 4.78 is 5.87. The van der Waals surface area contributed by atoms with Crippen LogP contribution in [0.25, 0.3) is 11.1 Å². The highest BCUT2D eigenvalue weighted by Gasteiger charge is 2.26. The molecule has 0 saturated heterocycles. The van der Waals surface area contributed by atoms with Crippen molar-refractivity contribution in [2.45, 2.75) is 38.4 Å². The maximum absolute atomic E-state index is 12.4. The molecule has 7 N–H and O–H groups in total. The predicted molar refractivity (Wildman–Crippen MR) is 121 cm³/mol. The Morgan fingerprint density at radius 3 is 2.56 bits per heavy atom. The molecule has 12 heteroatoms. The number of aliphatic carboxylic acids is 2. The number of nitrogen functional groups attached to an aromatic ring is 2. The van der Waals surface area contributed by atoms with Crippen molar-refractivity contribution in [3.63, 3.8) is 0 Å². The Labute approximate surface area is 193 Å². The van der Waals surface area contributed by atoms with Gasteiger partial charge in [-0.2, -0.15) is 9.97 Å². The molecule has 0 saturated carbocycles. The van der Waals surface area contributed by atoms with Crippen LogP contribution in [0.4, 0.5) is 11.8 Å². The molecule has 0 radical (unpaired) electrons. The van der Waals surface area contributed by atoms with Gasteiger partial charge >= 0.3 is 11.9 Å². The molecule has 1 aromatic carbocycles. The largest absolute Gasteiger partial charge is 0.481 e. The van der Waals surface area contributed by atoms with Crippen molar-refractivity contribution in [1.82, 2.24) is 20.2 Å². The van der Waals surface area contributed by atoms with Crippen LogP contribution < -0.4 is 16.8 Å². The van der Waals surface area contributed by atoms with E-state index < -0.39 is 23.9 Å². The zero-order valence-electron chi connectivity index (χ0n) is 18.2. The van der Waals surface area contributed by atoms with Crippen molar-refractivity contribution in [3.05, 3.63) is 46.7 Å². The second-order valence-corrected chi connectivity index (χ2v) is 8.11. The van der Waals surface area contributed by atoms with E-state index >= 15 is 0 Å². The van der Waals surface area contributed by atoms with Gasteiger partial charge in [-0.05, 0) is 30.5 Å². The van der Waals surface area contributed by atoms with Crippen LogP contribution in [0, 0.1) is 0 Å². The molecule has 0 spiro atoms. The van der Waals surface area contributed by atoms with Gasteiger partial charge in [0.2, 0.25) is 11.7 Å². The number of carbonyl (C=O) groups is 3. The number of anilines is 2. The number of nitrogens with zero attached hydrogens (tertiary/aromatic N) is 3. The SMILES string of the molecule is Nc1nc(N)c2c3c(oc2n1)CN(Cc1ccc(C(=O)N[C@@H](CCC(=O)O)C(=O)O)cc1)CC3. The van der Waals surface area contributed by atoms with Crippen LogP contribution in [0.15, 0.2) is 28.7 Å². The summed E-state index contributed by atoms with van der Waals surface area (Å²) in [7, 11) is 0. The molecule has 12 nitrogen and oxygen atoms in total. The zero-order valence-corrected chi connectivity index (χ0v) is 18.2. The molecular formula is C22H24N6O6. The summed E-state index contributed by atoms with van der Waals surface area (Å²) in [6.45, 7) is 1.92. The predicted octanol–water partition coefficient (Wildman–Crippen LogP) is 0.993. The molecule has 34 heavy (non-hydrogen) atoms. The number of hydrogen-bond acceptors (Lipinski definition) is 9. The minimum Gasteiger partial charge on any atom is -0.481 e. The van der Waals surface area contributed by atoms with Gasteiger partial charge in [0.05, 0.1) is 11.9 Å². The first-order chi connectivity index (χ1) is 16.2. The van der Waals surface area contributed by atoms with E-state index in [9.17, 15) is 19.5 Å². The number of carbonyl (C=O) groups excluding carboxylic acids is 1. The second kappa shape index (κ2) is 9.35. The smallest absolute Gasteiger partial charge is 0.326 e. The number of furan rings is 1. The standard InChI is InChI=1S/C22H24N6O6/c23-18-17-13-7-8-28(10-15(13)34-20(17)27-22(24)26-18)9-11-1-3-12(4-2-11)19(31)25-14(21(32)33)5-6-16(29)30/h1-4,14H,5-10H2,(H,25,31)(H,29,30)(H,32,33)(H4,23,24,26,27)/t14-/m0/s1. The highest BCUT2D eigenvalue weighted by molar-refractivity contribution is 5.96. The number of benzene rings is 1. The molecule has 0 bridgehead atoms. The molecule has 1 aliphatic rings. The summed E-state index contributed by atoms with van der Waals surface area (Å²) in [6.07, 6.45) is 0.162. The van der Waals surface area contributed by atoms with Crippen LogP contribution in [-0.2, 0) is 29.1 Å². The van der Waals surface area contributed by atoms with Crippen LogP contribution in [0.2, 0.25) is 0 Å². The van der Waals surface area contributed by atoms with E-state index in [1.54, 1.807) is 24.3 Å². The van der Waals surface area contributed by atoms with Crippen LogP contribution in [0.3, 0.4) is 0 Å². The summed E-state index contributed by atoms with van der Waals surface area (Å²) >= 11 is 0. The maximum atomic E-state index is 12.4. The first kappa shape index (κ1) is 23.0. The number of fused-ring (bicyclic) bond motifs is 3. The van der Waals surface area contributed by atoms with Gasteiger partial charge in [0.25, 0.3) is 5.91 Å². The Balaban J connectivity index is 1.39. The Morgan fingerprint density at radius 2 is 1.88 bits per heavy atom. The van der Waals surface area contributed by atoms with E-state index in [2.05, 4.69) is 20.2 Å². The normalized spacial score (nSPS) is 14.5.